The SMILES string of the molecule is CC1CCc2sc(C(=O)N/N=C/c3sc(N4CCCCC4)nc3-c3cccs3)cc2C1. The molecule has 1 unspecified atom stereocenters. The van der Waals surface area contributed by atoms with E-state index in [-0.39, 0.29) is 5.91 Å². The Balaban J connectivity index is 1.33. The Hall–Kier alpha value is -2.03. The summed E-state index contributed by atoms with van der Waals surface area (Å²) in [6.07, 6.45) is 8.87. The van der Waals surface area contributed by atoms with Crippen molar-refractivity contribution in [3.8, 4) is 10.6 Å². The molecule has 0 radical (unpaired) electrons. The molecule has 8 heteroatoms. The maximum atomic E-state index is 12.7. The van der Waals surface area contributed by atoms with Gasteiger partial charge in [-0.25, -0.2) is 10.4 Å². The van der Waals surface area contributed by atoms with Gasteiger partial charge in [-0.2, -0.15) is 5.10 Å². The zero-order valence-corrected chi connectivity index (χ0v) is 20.0. The maximum absolute atomic E-state index is 12.7. The van der Waals surface area contributed by atoms with Crippen molar-refractivity contribution in [3.05, 3.63) is 43.8 Å². The van der Waals surface area contributed by atoms with Crippen molar-refractivity contribution < 1.29 is 4.79 Å². The summed E-state index contributed by atoms with van der Waals surface area (Å²) in [5.74, 6) is 0.578. The number of thiazole rings is 1. The van der Waals surface area contributed by atoms with Gasteiger partial charge in [0.1, 0.15) is 5.69 Å². The van der Waals surface area contributed by atoms with E-state index in [0.717, 1.165) is 51.4 Å². The molecular weight excluding hydrogens is 444 g/mol. The van der Waals surface area contributed by atoms with E-state index in [1.54, 1.807) is 40.2 Å². The molecule has 1 aliphatic carbocycles. The molecule has 2 aliphatic rings. The number of nitrogens with one attached hydrogen (secondary N) is 1. The molecule has 1 N–H and O–H groups in total. The lowest BCUT2D eigenvalue weighted by molar-refractivity contribution is 0.0959. The van der Waals surface area contributed by atoms with Crippen LogP contribution in [0.5, 0.6) is 0 Å². The first kappa shape index (κ1) is 20.8. The fraction of sp³-hybridized carbons (Fsp3) is 0.435. The van der Waals surface area contributed by atoms with Crippen LogP contribution in [0.25, 0.3) is 10.6 Å². The van der Waals surface area contributed by atoms with Crippen LogP contribution in [-0.2, 0) is 12.8 Å². The van der Waals surface area contributed by atoms with Crippen LogP contribution in [0.4, 0.5) is 5.13 Å². The van der Waals surface area contributed by atoms with Crippen molar-refractivity contribution >= 4 is 51.3 Å². The number of nitrogens with zero attached hydrogens (tertiary/aromatic N) is 3. The predicted molar refractivity (Wildman–Crippen MR) is 132 cm³/mol. The number of carbonyl (C=O) groups is 1. The number of thiophene rings is 2. The average Bonchev–Trinajstić information content (AvgIpc) is 3.53. The molecule has 3 aromatic heterocycles. The fourth-order valence-electron chi connectivity index (χ4n) is 4.24. The molecule has 0 saturated carbocycles. The summed E-state index contributed by atoms with van der Waals surface area (Å²) in [7, 11) is 0. The number of aromatic nitrogens is 1. The summed E-state index contributed by atoms with van der Waals surface area (Å²) in [6, 6.07) is 6.19. The molecule has 162 valence electrons. The van der Waals surface area contributed by atoms with E-state index in [2.05, 4.69) is 39.9 Å². The lowest BCUT2D eigenvalue weighted by Crippen LogP contribution is -2.29. The normalized spacial score (nSPS) is 19.0. The van der Waals surface area contributed by atoms with Gasteiger partial charge in [0.2, 0.25) is 0 Å². The molecule has 1 saturated heterocycles. The molecule has 0 aromatic carbocycles. The van der Waals surface area contributed by atoms with Crippen molar-refractivity contribution in [2.45, 2.75) is 45.4 Å². The minimum absolute atomic E-state index is 0.123. The van der Waals surface area contributed by atoms with Gasteiger partial charge in [-0.3, -0.25) is 4.79 Å². The van der Waals surface area contributed by atoms with Gasteiger partial charge in [0.25, 0.3) is 5.91 Å². The Morgan fingerprint density at radius 3 is 2.97 bits per heavy atom. The number of rotatable bonds is 5. The molecule has 1 atom stereocenters. The summed E-state index contributed by atoms with van der Waals surface area (Å²) in [4.78, 5) is 24.2. The van der Waals surface area contributed by atoms with Crippen molar-refractivity contribution in [2.75, 3.05) is 18.0 Å². The van der Waals surface area contributed by atoms with Gasteiger partial charge in [-0.05, 0) is 67.5 Å². The second kappa shape index (κ2) is 9.22. The first-order valence-electron chi connectivity index (χ1n) is 10.9. The van der Waals surface area contributed by atoms with Crippen LogP contribution < -0.4 is 10.3 Å². The number of anilines is 1. The van der Waals surface area contributed by atoms with Crippen LogP contribution in [0.2, 0.25) is 0 Å². The van der Waals surface area contributed by atoms with E-state index in [9.17, 15) is 4.79 Å². The quantitative estimate of drug-likeness (QED) is 0.378. The molecule has 5 nitrogen and oxygen atoms in total. The lowest BCUT2D eigenvalue weighted by Gasteiger charge is -2.25. The zero-order valence-electron chi connectivity index (χ0n) is 17.6. The Labute approximate surface area is 194 Å². The van der Waals surface area contributed by atoms with Crippen LogP contribution in [0.1, 0.15) is 57.6 Å². The minimum Gasteiger partial charge on any atom is -0.348 e. The van der Waals surface area contributed by atoms with E-state index >= 15 is 0 Å². The van der Waals surface area contributed by atoms with E-state index in [0.29, 0.717) is 5.92 Å². The van der Waals surface area contributed by atoms with Crippen LogP contribution >= 0.6 is 34.0 Å². The van der Waals surface area contributed by atoms with Gasteiger partial charge in [0.05, 0.1) is 20.8 Å². The smallest absolute Gasteiger partial charge is 0.281 e. The fourth-order valence-corrected chi connectivity index (χ4v) is 7.13. The molecule has 1 amide bonds. The molecule has 4 heterocycles. The third-order valence-electron chi connectivity index (χ3n) is 5.92. The average molecular weight is 471 g/mol. The molecule has 31 heavy (non-hydrogen) atoms. The Bertz CT molecular complexity index is 1080. The number of hydrogen-bond acceptors (Lipinski definition) is 7. The van der Waals surface area contributed by atoms with Crippen LogP contribution in [0.3, 0.4) is 0 Å². The highest BCUT2D eigenvalue weighted by Gasteiger charge is 2.21. The highest BCUT2D eigenvalue weighted by molar-refractivity contribution is 7.18. The molecular formula is C23H26N4OS3. The maximum Gasteiger partial charge on any atom is 0.281 e. The molecule has 1 fully saturated rings. The van der Waals surface area contributed by atoms with E-state index in [4.69, 9.17) is 4.98 Å². The lowest BCUT2D eigenvalue weighted by atomic mass is 9.90. The summed E-state index contributed by atoms with van der Waals surface area (Å²) in [5, 5.41) is 7.43. The second-order valence-electron chi connectivity index (χ2n) is 8.34. The topological polar surface area (TPSA) is 57.6 Å². The van der Waals surface area contributed by atoms with Crippen LogP contribution in [0, 0.1) is 5.92 Å². The van der Waals surface area contributed by atoms with Crippen molar-refractivity contribution in [2.24, 2.45) is 11.0 Å². The summed E-state index contributed by atoms with van der Waals surface area (Å²) < 4.78 is 0. The van der Waals surface area contributed by atoms with E-state index < -0.39 is 0 Å². The summed E-state index contributed by atoms with van der Waals surface area (Å²) in [6.45, 7) is 4.40. The predicted octanol–water partition coefficient (Wildman–Crippen LogP) is 5.81. The molecule has 1 aliphatic heterocycles. The van der Waals surface area contributed by atoms with Gasteiger partial charge < -0.3 is 4.90 Å². The Morgan fingerprint density at radius 1 is 1.29 bits per heavy atom. The largest absolute Gasteiger partial charge is 0.348 e. The molecule has 0 spiro atoms. The van der Waals surface area contributed by atoms with Crippen LogP contribution in [-0.4, -0.2) is 30.2 Å². The van der Waals surface area contributed by atoms with Crippen molar-refractivity contribution in [1.82, 2.24) is 10.4 Å². The number of fused-ring (bicyclic) bond motifs is 1. The van der Waals surface area contributed by atoms with Crippen LogP contribution in [0.15, 0.2) is 28.7 Å². The van der Waals surface area contributed by atoms with Crippen molar-refractivity contribution in [1.29, 1.82) is 0 Å². The Kier molecular flexibility index (Phi) is 6.20. The number of carbonyl (C=O) groups excluding carboxylic acids is 1. The number of aryl methyl sites for hydroxylation is 1. The second-order valence-corrected chi connectivity index (χ2v) is 11.4. The zero-order chi connectivity index (χ0) is 21.2. The third-order valence-corrected chi connectivity index (χ3v) is 9.09. The van der Waals surface area contributed by atoms with Gasteiger partial charge >= 0.3 is 0 Å². The minimum atomic E-state index is -0.123. The van der Waals surface area contributed by atoms with E-state index in [1.807, 2.05) is 6.07 Å². The molecule has 5 rings (SSSR count). The summed E-state index contributed by atoms with van der Waals surface area (Å²) >= 11 is 4.95. The highest BCUT2D eigenvalue weighted by atomic mass is 32.1. The standard InChI is InChI=1S/C23H26N4OS3/c1-15-7-8-17-16(12-15)13-19(30-17)22(28)26-24-14-20-21(18-6-5-11-29-18)25-23(31-20)27-9-3-2-4-10-27/h5-6,11,13-15H,2-4,7-10,12H2,1H3,(H,26,28)/b24-14+. The first-order chi connectivity index (χ1) is 15.2. The van der Waals surface area contributed by atoms with Gasteiger partial charge in [0.15, 0.2) is 5.13 Å². The van der Waals surface area contributed by atoms with Gasteiger partial charge in [0, 0.05) is 18.0 Å². The Morgan fingerprint density at radius 2 is 2.16 bits per heavy atom. The molecule has 3 aromatic rings. The monoisotopic (exact) mass is 470 g/mol. The third kappa shape index (κ3) is 4.61. The van der Waals surface area contributed by atoms with E-state index in [1.165, 1.54) is 36.1 Å². The molecule has 0 bridgehead atoms. The van der Waals surface area contributed by atoms with Gasteiger partial charge in [-0.1, -0.05) is 24.3 Å². The van der Waals surface area contributed by atoms with Gasteiger partial charge in [-0.15, -0.1) is 22.7 Å². The summed E-state index contributed by atoms with van der Waals surface area (Å²) in [5.41, 5.74) is 5.04. The number of amides is 1. The van der Waals surface area contributed by atoms with Crippen molar-refractivity contribution in [3.63, 3.8) is 0 Å². The number of hydrazone groups is 1. The number of hydrogen-bond donors (Lipinski definition) is 1. The highest BCUT2D eigenvalue weighted by Crippen LogP contribution is 2.35. The first-order valence-corrected chi connectivity index (χ1v) is 13.4. The number of piperidine rings is 1.